The predicted molar refractivity (Wildman–Crippen MR) is 123 cm³/mol. The molecule has 3 aromatic rings. The maximum atomic E-state index is 13.0. The minimum Gasteiger partial charge on any atom is -0.497 e. The minimum absolute atomic E-state index is 0.0351. The zero-order valence-corrected chi connectivity index (χ0v) is 18.3. The zero-order valence-electron chi connectivity index (χ0n) is 18.3. The van der Waals surface area contributed by atoms with E-state index in [4.69, 9.17) is 9.47 Å². The van der Waals surface area contributed by atoms with Gasteiger partial charge in [0.15, 0.2) is 0 Å². The fraction of sp³-hybridized carbons (Fsp3) is 0.231. The van der Waals surface area contributed by atoms with Crippen molar-refractivity contribution < 1.29 is 19.1 Å². The summed E-state index contributed by atoms with van der Waals surface area (Å²) in [5.41, 5.74) is 4.56. The van der Waals surface area contributed by atoms with Crippen LogP contribution in [0.2, 0.25) is 0 Å². The molecular formula is C26H26N2O4. The molecule has 1 aliphatic heterocycles. The van der Waals surface area contributed by atoms with Gasteiger partial charge in [-0.25, -0.2) is 0 Å². The van der Waals surface area contributed by atoms with Gasteiger partial charge >= 0.3 is 0 Å². The summed E-state index contributed by atoms with van der Waals surface area (Å²) < 4.78 is 10.3. The van der Waals surface area contributed by atoms with Crippen molar-refractivity contribution in [3.8, 4) is 11.5 Å². The van der Waals surface area contributed by atoms with Crippen molar-refractivity contribution in [3.05, 3.63) is 89.0 Å². The lowest BCUT2D eigenvalue weighted by atomic mass is 10.1. The molecule has 0 saturated heterocycles. The third kappa shape index (κ3) is 4.75. The highest BCUT2D eigenvalue weighted by Gasteiger charge is 2.26. The monoisotopic (exact) mass is 430 g/mol. The first kappa shape index (κ1) is 21.4. The summed E-state index contributed by atoms with van der Waals surface area (Å²) in [6.45, 7) is 1.06. The number of hydrogen-bond donors (Lipinski definition) is 1. The molecule has 0 fully saturated rings. The summed E-state index contributed by atoms with van der Waals surface area (Å²) in [6, 6.07) is 20.7. The topological polar surface area (TPSA) is 67.9 Å². The molecule has 0 bridgehead atoms. The molecule has 1 aliphatic rings. The van der Waals surface area contributed by atoms with Crippen LogP contribution in [-0.4, -0.2) is 32.6 Å². The second-order valence-electron chi connectivity index (χ2n) is 7.70. The van der Waals surface area contributed by atoms with Crippen LogP contribution in [0.1, 0.15) is 27.0 Å². The average Bonchev–Trinajstić information content (AvgIpc) is 3.26. The molecule has 6 nitrogen and oxygen atoms in total. The predicted octanol–water partition coefficient (Wildman–Crippen LogP) is 3.77. The normalized spacial score (nSPS) is 12.2. The molecule has 1 N–H and O–H groups in total. The molecule has 0 atom stereocenters. The van der Waals surface area contributed by atoms with Gasteiger partial charge in [0.05, 0.1) is 20.6 Å². The van der Waals surface area contributed by atoms with Gasteiger partial charge in [-0.2, -0.15) is 0 Å². The molecule has 0 unspecified atom stereocenters. The lowest BCUT2D eigenvalue weighted by Crippen LogP contribution is -2.29. The van der Waals surface area contributed by atoms with Crippen molar-refractivity contribution in [3.63, 3.8) is 0 Å². The van der Waals surface area contributed by atoms with Gasteiger partial charge in [0.25, 0.3) is 5.91 Å². The number of carbonyl (C=O) groups is 2. The summed E-state index contributed by atoms with van der Waals surface area (Å²) in [6.07, 6.45) is 1.12. The van der Waals surface area contributed by atoms with Crippen molar-refractivity contribution >= 4 is 17.5 Å². The molecule has 6 heteroatoms. The molecule has 3 aromatic carbocycles. The number of fused-ring (bicyclic) bond motifs is 1. The molecule has 0 spiro atoms. The van der Waals surface area contributed by atoms with Gasteiger partial charge in [-0.15, -0.1) is 0 Å². The zero-order chi connectivity index (χ0) is 22.5. The third-order valence-corrected chi connectivity index (χ3v) is 5.64. The lowest BCUT2D eigenvalue weighted by molar-refractivity contribution is -0.120. The van der Waals surface area contributed by atoms with Crippen LogP contribution in [0.4, 0.5) is 5.69 Å². The summed E-state index contributed by atoms with van der Waals surface area (Å²) in [5, 5.41) is 2.97. The maximum absolute atomic E-state index is 13.0. The Hall–Kier alpha value is -3.80. The molecule has 0 radical (unpaired) electrons. The number of methoxy groups -OCH3 is 2. The number of nitrogens with zero attached hydrogens (tertiary/aromatic N) is 1. The van der Waals surface area contributed by atoms with E-state index >= 15 is 0 Å². The fourth-order valence-corrected chi connectivity index (χ4v) is 3.83. The van der Waals surface area contributed by atoms with E-state index in [1.807, 2.05) is 42.5 Å². The Morgan fingerprint density at radius 1 is 0.875 bits per heavy atom. The first-order valence-corrected chi connectivity index (χ1v) is 10.5. The van der Waals surface area contributed by atoms with Gasteiger partial charge < -0.3 is 19.7 Å². The smallest absolute Gasteiger partial charge is 0.258 e. The molecule has 4 rings (SSSR count). The SMILES string of the molecule is COc1ccc(CC(=O)NCc2ccc3c(c2)N(C(=O)c2ccc(OC)cc2)CC3)cc1. The molecule has 164 valence electrons. The number of benzene rings is 3. The van der Waals surface area contributed by atoms with Gasteiger partial charge in [0, 0.05) is 24.3 Å². The van der Waals surface area contributed by atoms with E-state index in [0.717, 1.165) is 40.3 Å². The van der Waals surface area contributed by atoms with Gasteiger partial charge in [0.1, 0.15) is 11.5 Å². The van der Waals surface area contributed by atoms with Gasteiger partial charge in [0.2, 0.25) is 5.91 Å². The molecule has 32 heavy (non-hydrogen) atoms. The maximum Gasteiger partial charge on any atom is 0.258 e. The van der Waals surface area contributed by atoms with E-state index in [-0.39, 0.29) is 11.8 Å². The van der Waals surface area contributed by atoms with Crippen LogP contribution >= 0.6 is 0 Å². The quantitative estimate of drug-likeness (QED) is 0.620. The second kappa shape index (κ2) is 9.56. The molecular weight excluding hydrogens is 404 g/mol. The van der Waals surface area contributed by atoms with Crippen LogP contribution in [0.25, 0.3) is 0 Å². The van der Waals surface area contributed by atoms with Crippen molar-refractivity contribution in [1.82, 2.24) is 5.32 Å². The average molecular weight is 431 g/mol. The number of anilines is 1. The van der Waals surface area contributed by atoms with Gasteiger partial charge in [-0.05, 0) is 65.6 Å². The van der Waals surface area contributed by atoms with E-state index in [2.05, 4.69) is 5.32 Å². The highest BCUT2D eigenvalue weighted by Crippen LogP contribution is 2.30. The summed E-state index contributed by atoms with van der Waals surface area (Å²) in [7, 11) is 3.22. The highest BCUT2D eigenvalue weighted by atomic mass is 16.5. The summed E-state index contributed by atoms with van der Waals surface area (Å²) >= 11 is 0. The van der Waals surface area contributed by atoms with E-state index in [1.54, 1.807) is 43.4 Å². The molecule has 2 amide bonds. The fourth-order valence-electron chi connectivity index (χ4n) is 3.83. The van der Waals surface area contributed by atoms with Crippen molar-refractivity contribution in [2.45, 2.75) is 19.4 Å². The number of ether oxygens (including phenoxy) is 2. The number of nitrogens with one attached hydrogen (secondary N) is 1. The highest BCUT2D eigenvalue weighted by molar-refractivity contribution is 6.07. The number of carbonyl (C=O) groups excluding carboxylic acids is 2. The molecule has 0 aromatic heterocycles. The summed E-state index contributed by atoms with van der Waals surface area (Å²) in [4.78, 5) is 27.2. The van der Waals surface area contributed by atoms with Gasteiger partial charge in [-0.1, -0.05) is 24.3 Å². The Kier molecular flexibility index (Phi) is 6.40. The van der Waals surface area contributed by atoms with Crippen LogP contribution in [0, 0.1) is 0 Å². The van der Waals surface area contributed by atoms with Gasteiger partial charge in [-0.3, -0.25) is 9.59 Å². The molecule has 0 saturated carbocycles. The number of amides is 2. The van der Waals surface area contributed by atoms with Crippen LogP contribution in [0.3, 0.4) is 0 Å². The van der Waals surface area contributed by atoms with E-state index in [1.165, 1.54) is 0 Å². The summed E-state index contributed by atoms with van der Waals surface area (Å²) in [5.74, 6) is 1.39. The second-order valence-corrected chi connectivity index (χ2v) is 7.70. The standard InChI is InChI=1S/C26H26N2O4/c1-31-22-9-4-18(5-10-22)16-25(29)27-17-19-3-6-20-13-14-28(24(20)15-19)26(30)21-7-11-23(32-2)12-8-21/h3-12,15H,13-14,16-17H2,1-2H3,(H,27,29). The Morgan fingerprint density at radius 3 is 2.16 bits per heavy atom. The van der Waals surface area contributed by atoms with E-state index < -0.39 is 0 Å². The minimum atomic E-state index is -0.0539. The first-order valence-electron chi connectivity index (χ1n) is 10.5. The Labute approximate surface area is 187 Å². The van der Waals surface area contributed by atoms with Crippen LogP contribution < -0.4 is 19.7 Å². The third-order valence-electron chi connectivity index (χ3n) is 5.64. The number of rotatable bonds is 7. The number of hydrogen-bond acceptors (Lipinski definition) is 4. The van der Waals surface area contributed by atoms with E-state index in [9.17, 15) is 9.59 Å². The Morgan fingerprint density at radius 2 is 1.50 bits per heavy atom. The van der Waals surface area contributed by atoms with Crippen molar-refractivity contribution in [2.75, 3.05) is 25.7 Å². The van der Waals surface area contributed by atoms with Crippen LogP contribution in [-0.2, 0) is 24.2 Å². The lowest BCUT2D eigenvalue weighted by Gasteiger charge is -2.18. The Balaban J connectivity index is 1.40. The first-order chi connectivity index (χ1) is 15.6. The Bertz CT molecular complexity index is 1110. The van der Waals surface area contributed by atoms with Crippen LogP contribution in [0.15, 0.2) is 66.7 Å². The van der Waals surface area contributed by atoms with E-state index in [0.29, 0.717) is 25.1 Å². The van der Waals surface area contributed by atoms with Crippen molar-refractivity contribution in [1.29, 1.82) is 0 Å². The van der Waals surface area contributed by atoms with Crippen LogP contribution in [0.5, 0.6) is 11.5 Å². The van der Waals surface area contributed by atoms with Crippen molar-refractivity contribution in [2.24, 2.45) is 0 Å². The molecule has 0 aliphatic carbocycles. The molecule has 1 heterocycles. The largest absolute Gasteiger partial charge is 0.497 e.